The molecule has 0 radical (unpaired) electrons. The highest BCUT2D eigenvalue weighted by Gasteiger charge is 2.05. The van der Waals surface area contributed by atoms with Crippen molar-refractivity contribution < 1.29 is 9.53 Å². The van der Waals surface area contributed by atoms with Gasteiger partial charge >= 0.3 is 0 Å². The third-order valence-corrected chi connectivity index (χ3v) is 3.12. The molecule has 0 saturated heterocycles. The lowest BCUT2D eigenvalue weighted by Crippen LogP contribution is -2.03. The molecule has 0 unspecified atom stereocenters. The molecule has 1 aromatic heterocycles. The summed E-state index contributed by atoms with van der Waals surface area (Å²) in [6, 6.07) is 11.7. The summed E-state index contributed by atoms with van der Waals surface area (Å²) in [7, 11) is 0. The van der Waals surface area contributed by atoms with Crippen molar-refractivity contribution >= 4 is 5.78 Å². The number of para-hydroxylation sites is 1. The molecule has 0 aliphatic rings. The summed E-state index contributed by atoms with van der Waals surface area (Å²) >= 11 is 0. The van der Waals surface area contributed by atoms with Crippen molar-refractivity contribution in [3.05, 3.63) is 54.4 Å². The minimum atomic E-state index is 0.229. The van der Waals surface area contributed by atoms with Gasteiger partial charge in [-0.2, -0.15) is 0 Å². The van der Waals surface area contributed by atoms with E-state index in [1.165, 1.54) is 0 Å². The number of aryl methyl sites for hydroxylation is 1. The molecule has 3 nitrogen and oxygen atoms in total. The second kappa shape index (κ2) is 7.53. The van der Waals surface area contributed by atoms with Gasteiger partial charge in [0.15, 0.2) is 5.78 Å². The molecule has 1 heterocycles. The van der Waals surface area contributed by atoms with Gasteiger partial charge in [-0.3, -0.25) is 4.79 Å². The predicted molar refractivity (Wildman–Crippen MR) is 80.2 cm³/mol. The zero-order valence-corrected chi connectivity index (χ0v) is 11.9. The van der Waals surface area contributed by atoms with Gasteiger partial charge in [-0.05, 0) is 31.0 Å². The van der Waals surface area contributed by atoms with Gasteiger partial charge in [-0.25, -0.2) is 0 Å². The van der Waals surface area contributed by atoms with Crippen molar-refractivity contribution in [1.29, 1.82) is 0 Å². The van der Waals surface area contributed by atoms with Crippen molar-refractivity contribution in [2.24, 2.45) is 0 Å². The standard InChI is InChI=1S/C17H21NO2/c1-2-7-17(19)15-10-12-18(14-15)11-6-13-20-16-8-4-3-5-9-16/h3-5,8-10,12,14H,2,6-7,11,13H2,1H3. The van der Waals surface area contributed by atoms with Gasteiger partial charge in [0.25, 0.3) is 0 Å². The first-order valence-electron chi connectivity index (χ1n) is 7.16. The zero-order chi connectivity index (χ0) is 14.2. The van der Waals surface area contributed by atoms with Crippen LogP contribution in [-0.4, -0.2) is 17.0 Å². The average molecular weight is 271 g/mol. The van der Waals surface area contributed by atoms with Crippen LogP contribution in [0.2, 0.25) is 0 Å². The molecule has 0 spiro atoms. The Morgan fingerprint density at radius 3 is 2.75 bits per heavy atom. The first-order valence-corrected chi connectivity index (χ1v) is 7.16. The maximum atomic E-state index is 11.7. The SMILES string of the molecule is CCCC(=O)c1ccn(CCCOc2ccccc2)c1. The second-order valence-corrected chi connectivity index (χ2v) is 4.83. The Morgan fingerprint density at radius 2 is 2.00 bits per heavy atom. The van der Waals surface area contributed by atoms with E-state index in [0.717, 1.165) is 30.7 Å². The lowest BCUT2D eigenvalue weighted by atomic mass is 10.1. The summed E-state index contributed by atoms with van der Waals surface area (Å²) in [5.74, 6) is 1.13. The number of carbonyl (C=O) groups excluding carboxylic acids is 1. The number of Topliss-reactive ketones (excluding diaryl/α,β-unsaturated/α-hetero) is 1. The van der Waals surface area contributed by atoms with Gasteiger partial charge in [-0.1, -0.05) is 25.1 Å². The quantitative estimate of drug-likeness (QED) is 0.538. The van der Waals surface area contributed by atoms with E-state index in [4.69, 9.17) is 4.74 Å². The average Bonchev–Trinajstić information content (AvgIpc) is 2.94. The maximum absolute atomic E-state index is 11.7. The van der Waals surface area contributed by atoms with Crippen LogP contribution in [0.25, 0.3) is 0 Å². The molecule has 0 aliphatic heterocycles. The van der Waals surface area contributed by atoms with Gasteiger partial charge in [-0.15, -0.1) is 0 Å². The molecule has 2 aromatic rings. The Hall–Kier alpha value is -2.03. The molecule has 20 heavy (non-hydrogen) atoms. The number of carbonyl (C=O) groups is 1. The monoisotopic (exact) mass is 271 g/mol. The zero-order valence-electron chi connectivity index (χ0n) is 11.9. The van der Waals surface area contributed by atoms with Crippen LogP contribution in [0.1, 0.15) is 36.5 Å². The van der Waals surface area contributed by atoms with Gasteiger partial charge in [0.2, 0.25) is 0 Å². The molecule has 0 aliphatic carbocycles. The Labute approximate surface area is 120 Å². The van der Waals surface area contributed by atoms with Gasteiger partial charge in [0.05, 0.1) is 6.61 Å². The van der Waals surface area contributed by atoms with Gasteiger partial charge in [0, 0.05) is 30.9 Å². The number of benzene rings is 1. The number of hydrogen-bond acceptors (Lipinski definition) is 2. The highest BCUT2D eigenvalue weighted by molar-refractivity contribution is 5.95. The number of nitrogens with zero attached hydrogens (tertiary/aromatic N) is 1. The van der Waals surface area contributed by atoms with Crippen LogP contribution in [0.4, 0.5) is 0 Å². The predicted octanol–water partition coefficient (Wildman–Crippen LogP) is 3.94. The summed E-state index contributed by atoms with van der Waals surface area (Å²) in [5, 5.41) is 0. The van der Waals surface area contributed by atoms with Crippen molar-refractivity contribution in [1.82, 2.24) is 4.57 Å². The Kier molecular flexibility index (Phi) is 5.42. The summed E-state index contributed by atoms with van der Waals surface area (Å²) < 4.78 is 7.69. The molecule has 2 rings (SSSR count). The minimum absolute atomic E-state index is 0.229. The fourth-order valence-corrected chi connectivity index (χ4v) is 2.07. The molecule has 0 atom stereocenters. The molecule has 0 saturated carbocycles. The Bertz CT molecular complexity index is 531. The molecule has 1 aromatic carbocycles. The molecule has 0 fully saturated rings. The lowest BCUT2D eigenvalue weighted by Gasteiger charge is -2.06. The molecule has 3 heteroatoms. The maximum Gasteiger partial charge on any atom is 0.164 e. The van der Waals surface area contributed by atoms with Crippen LogP contribution < -0.4 is 4.74 Å². The van der Waals surface area contributed by atoms with Gasteiger partial charge in [0.1, 0.15) is 5.75 Å². The van der Waals surface area contributed by atoms with E-state index in [0.29, 0.717) is 13.0 Å². The fraction of sp³-hybridized carbons (Fsp3) is 0.353. The lowest BCUT2D eigenvalue weighted by molar-refractivity contribution is 0.0981. The highest BCUT2D eigenvalue weighted by atomic mass is 16.5. The van der Waals surface area contributed by atoms with E-state index in [1.807, 2.05) is 55.7 Å². The largest absolute Gasteiger partial charge is 0.494 e. The smallest absolute Gasteiger partial charge is 0.164 e. The van der Waals surface area contributed by atoms with E-state index < -0.39 is 0 Å². The van der Waals surface area contributed by atoms with Crippen molar-refractivity contribution in [2.75, 3.05) is 6.61 Å². The summed E-state index contributed by atoms with van der Waals surface area (Å²) in [6.07, 6.45) is 6.34. The number of ketones is 1. The minimum Gasteiger partial charge on any atom is -0.494 e. The van der Waals surface area contributed by atoms with E-state index in [2.05, 4.69) is 4.57 Å². The van der Waals surface area contributed by atoms with E-state index in [1.54, 1.807) is 0 Å². The molecular formula is C17H21NO2. The highest BCUT2D eigenvalue weighted by Crippen LogP contribution is 2.10. The first-order chi connectivity index (χ1) is 9.79. The molecule has 0 amide bonds. The van der Waals surface area contributed by atoms with Crippen molar-refractivity contribution in [3.8, 4) is 5.75 Å². The summed E-state index contributed by atoms with van der Waals surface area (Å²) in [5.41, 5.74) is 0.816. The van der Waals surface area contributed by atoms with Crippen LogP contribution >= 0.6 is 0 Å². The molecular weight excluding hydrogens is 250 g/mol. The number of aromatic nitrogens is 1. The van der Waals surface area contributed by atoms with E-state index in [9.17, 15) is 4.79 Å². The number of ether oxygens (including phenoxy) is 1. The fourth-order valence-electron chi connectivity index (χ4n) is 2.07. The van der Waals surface area contributed by atoms with Crippen LogP contribution in [0.15, 0.2) is 48.8 Å². The van der Waals surface area contributed by atoms with Crippen LogP contribution in [0.5, 0.6) is 5.75 Å². The van der Waals surface area contributed by atoms with E-state index >= 15 is 0 Å². The van der Waals surface area contributed by atoms with E-state index in [-0.39, 0.29) is 5.78 Å². The van der Waals surface area contributed by atoms with Crippen LogP contribution in [0, 0.1) is 0 Å². The first kappa shape index (κ1) is 14.4. The Morgan fingerprint density at radius 1 is 1.20 bits per heavy atom. The Balaban J connectivity index is 1.73. The number of rotatable bonds is 8. The summed E-state index contributed by atoms with van der Waals surface area (Å²) in [6.45, 7) is 3.57. The van der Waals surface area contributed by atoms with Crippen molar-refractivity contribution in [2.45, 2.75) is 32.7 Å². The third kappa shape index (κ3) is 4.26. The van der Waals surface area contributed by atoms with Gasteiger partial charge < -0.3 is 9.30 Å². The van der Waals surface area contributed by atoms with Crippen LogP contribution in [-0.2, 0) is 6.54 Å². The third-order valence-electron chi connectivity index (χ3n) is 3.12. The molecule has 0 N–H and O–H groups in total. The number of hydrogen-bond donors (Lipinski definition) is 0. The molecule has 0 bridgehead atoms. The normalized spacial score (nSPS) is 10.4. The topological polar surface area (TPSA) is 31.2 Å². The molecule has 106 valence electrons. The van der Waals surface area contributed by atoms with Crippen LogP contribution in [0.3, 0.4) is 0 Å². The second-order valence-electron chi connectivity index (χ2n) is 4.83. The summed E-state index contributed by atoms with van der Waals surface area (Å²) in [4.78, 5) is 11.7. The van der Waals surface area contributed by atoms with Crippen molar-refractivity contribution in [3.63, 3.8) is 0 Å².